The number of imide groups is 1. The average molecular weight is 333 g/mol. The minimum atomic E-state index is -0.875. The molecule has 1 atom stereocenters. The zero-order chi connectivity index (χ0) is 14.4. The molecule has 0 aliphatic carbocycles. The maximum absolute atomic E-state index is 13.0. The number of carbonyl (C=O) groups is 2. The summed E-state index contributed by atoms with van der Waals surface area (Å²) in [6.45, 7) is 3.64. The topological polar surface area (TPSA) is 67.4 Å². The van der Waals surface area contributed by atoms with E-state index >= 15 is 0 Å². The van der Waals surface area contributed by atoms with Gasteiger partial charge in [0, 0.05) is 6.54 Å². The third-order valence-corrected chi connectivity index (χ3v) is 2.75. The Morgan fingerprint density at radius 2 is 2.16 bits per heavy atom. The first-order valence-corrected chi connectivity index (χ1v) is 6.43. The molecule has 2 N–H and O–H groups in total. The summed E-state index contributed by atoms with van der Waals surface area (Å²) in [6.07, 6.45) is -0.875. The van der Waals surface area contributed by atoms with Gasteiger partial charge in [0.2, 0.25) is 0 Å². The lowest BCUT2D eigenvalue weighted by Gasteiger charge is -2.14. The Hall–Kier alpha value is -1.63. The van der Waals surface area contributed by atoms with Gasteiger partial charge in [-0.2, -0.15) is 0 Å². The van der Waals surface area contributed by atoms with E-state index < -0.39 is 23.9 Å². The highest BCUT2D eigenvalue weighted by molar-refractivity contribution is 9.10. The van der Waals surface area contributed by atoms with Crippen LogP contribution in [0, 0.1) is 5.82 Å². The molecule has 5 nitrogen and oxygen atoms in total. The molecule has 0 saturated carbocycles. The minimum Gasteiger partial charge on any atom is -0.481 e. The molecule has 0 bridgehead atoms. The van der Waals surface area contributed by atoms with Crippen molar-refractivity contribution in [2.45, 2.75) is 20.0 Å². The summed E-state index contributed by atoms with van der Waals surface area (Å²) in [5, 5.41) is 4.56. The highest BCUT2D eigenvalue weighted by atomic mass is 79.9. The molecule has 104 valence electrons. The van der Waals surface area contributed by atoms with Crippen LogP contribution >= 0.6 is 15.9 Å². The summed E-state index contributed by atoms with van der Waals surface area (Å²) in [5.74, 6) is -0.676. The number of benzene rings is 1. The Bertz CT molecular complexity index is 482. The van der Waals surface area contributed by atoms with Crippen LogP contribution in [0.15, 0.2) is 22.7 Å². The van der Waals surface area contributed by atoms with E-state index in [1.165, 1.54) is 25.1 Å². The molecule has 3 amide bonds. The summed E-state index contributed by atoms with van der Waals surface area (Å²) in [5.41, 5.74) is 0. The molecule has 0 fully saturated rings. The Morgan fingerprint density at radius 1 is 1.47 bits per heavy atom. The highest BCUT2D eigenvalue weighted by Gasteiger charge is 2.17. The molecule has 0 heterocycles. The standard InChI is InChI=1S/C12H14BrFN2O3/c1-3-15-12(18)16-11(17)7(2)19-8-4-5-10(14)9(13)6-8/h4-7H,3H2,1-2H3,(H2,15,16,17,18). The van der Waals surface area contributed by atoms with Crippen LogP contribution in [0.4, 0.5) is 9.18 Å². The maximum Gasteiger partial charge on any atom is 0.321 e. The largest absolute Gasteiger partial charge is 0.481 e. The molecule has 0 radical (unpaired) electrons. The van der Waals surface area contributed by atoms with Crippen LogP contribution in [0.2, 0.25) is 0 Å². The van der Waals surface area contributed by atoms with Gasteiger partial charge in [0.25, 0.3) is 5.91 Å². The molecular formula is C12H14BrFN2O3. The van der Waals surface area contributed by atoms with Crippen LogP contribution in [0.3, 0.4) is 0 Å². The van der Waals surface area contributed by atoms with Gasteiger partial charge in [0.1, 0.15) is 11.6 Å². The van der Waals surface area contributed by atoms with Gasteiger partial charge in [0.05, 0.1) is 4.47 Å². The molecule has 1 aromatic carbocycles. The summed E-state index contributed by atoms with van der Waals surface area (Å²) in [7, 11) is 0. The van der Waals surface area contributed by atoms with Gasteiger partial charge in [-0.15, -0.1) is 0 Å². The van der Waals surface area contributed by atoms with Gasteiger partial charge in [-0.25, -0.2) is 9.18 Å². The molecule has 19 heavy (non-hydrogen) atoms. The smallest absolute Gasteiger partial charge is 0.321 e. The van der Waals surface area contributed by atoms with Crippen LogP contribution in [-0.2, 0) is 4.79 Å². The van der Waals surface area contributed by atoms with E-state index in [0.717, 1.165) is 0 Å². The second-order valence-corrected chi connectivity index (χ2v) is 4.54. The van der Waals surface area contributed by atoms with Crippen molar-refractivity contribution >= 4 is 27.9 Å². The molecule has 0 aromatic heterocycles. The lowest BCUT2D eigenvalue weighted by Crippen LogP contribution is -2.45. The van der Waals surface area contributed by atoms with Gasteiger partial charge < -0.3 is 10.1 Å². The lowest BCUT2D eigenvalue weighted by molar-refractivity contribution is -0.126. The third kappa shape index (κ3) is 4.86. The van der Waals surface area contributed by atoms with E-state index in [9.17, 15) is 14.0 Å². The van der Waals surface area contributed by atoms with Crippen molar-refractivity contribution in [2.75, 3.05) is 6.54 Å². The van der Waals surface area contributed by atoms with Gasteiger partial charge in [0.15, 0.2) is 6.10 Å². The first-order chi connectivity index (χ1) is 8.93. The van der Waals surface area contributed by atoms with Crippen LogP contribution in [0.25, 0.3) is 0 Å². The number of urea groups is 1. The lowest BCUT2D eigenvalue weighted by atomic mass is 10.3. The molecule has 0 saturated heterocycles. The fourth-order valence-electron chi connectivity index (χ4n) is 1.23. The summed E-state index contributed by atoms with van der Waals surface area (Å²) in [6, 6.07) is 3.44. The number of halogens is 2. The number of amides is 3. The van der Waals surface area contributed by atoms with Crippen LogP contribution in [0.1, 0.15) is 13.8 Å². The summed E-state index contributed by atoms with van der Waals surface area (Å²) in [4.78, 5) is 22.8. The van der Waals surface area contributed by atoms with Gasteiger partial charge in [-0.05, 0) is 48.0 Å². The average Bonchev–Trinajstić information content (AvgIpc) is 2.34. The predicted molar refractivity (Wildman–Crippen MR) is 71.4 cm³/mol. The number of carbonyl (C=O) groups excluding carboxylic acids is 2. The van der Waals surface area contributed by atoms with Crippen LogP contribution in [0.5, 0.6) is 5.75 Å². The quantitative estimate of drug-likeness (QED) is 0.888. The Balaban J connectivity index is 2.58. The van der Waals surface area contributed by atoms with E-state index in [0.29, 0.717) is 12.3 Å². The molecular weight excluding hydrogens is 319 g/mol. The minimum absolute atomic E-state index is 0.237. The van der Waals surface area contributed by atoms with Crippen LogP contribution in [-0.4, -0.2) is 24.6 Å². The fourth-order valence-corrected chi connectivity index (χ4v) is 1.58. The van der Waals surface area contributed by atoms with E-state index in [1.807, 2.05) is 0 Å². The zero-order valence-corrected chi connectivity index (χ0v) is 12.1. The van der Waals surface area contributed by atoms with Gasteiger partial charge in [-0.3, -0.25) is 10.1 Å². The molecule has 7 heteroatoms. The van der Waals surface area contributed by atoms with Crippen molar-refractivity contribution < 1.29 is 18.7 Å². The molecule has 0 aliphatic heterocycles. The zero-order valence-electron chi connectivity index (χ0n) is 10.5. The number of rotatable bonds is 4. The number of nitrogens with one attached hydrogen (secondary N) is 2. The fraction of sp³-hybridized carbons (Fsp3) is 0.333. The van der Waals surface area contributed by atoms with E-state index in [-0.39, 0.29) is 4.47 Å². The molecule has 0 aliphatic rings. The van der Waals surface area contributed by atoms with Crippen molar-refractivity contribution in [3.63, 3.8) is 0 Å². The summed E-state index contributed by atoms with van der Waals surface area (Å²) < 4.78 is 18.6. The SMILES string of the molecule is CCNC(=O)NC(=O)C(C)Oc1ccc(F)c(Br)c1. The van der Waals surface area contributed by atoms with Crippen molar-refractivity contribution in [3.8, 4) is 5.75 Å². The van der Waals surface area contributed by atoms with Crippen LogP contribution < -0.4 is 15.4 Å². The van der Waals surface area contributed by atoms with E-state index in [4.69, 9.17) is 4.74 Å². The first-order valence-electron chi connectivity index (χ1n) is 5.64. The second kappa shape index (κ2) is 7.08. The van der Waals surface area contributed by atoms with E-state index in [2.05, 4.69) is 26.6 Å². The van der Waals surface area contributed by atoms with E-state index in [1.54, 1.807) is 6.92 Å². The molecule has 1 unspecified atom stereocenters. The Morgan fingerprint density at radius 3 is 2.74 bits per heavy atom. The highest BCUT2D eigenvalue weighted by Crippen LogP contribution is 2.22. The maximum atomic E-state index is 13.0. The Kier molecular flexibility index (Phi) is 5.75. The van der Waals surface area contributed by atoms with Gasteiger partial charge >= 0.3 is 6.03 Å². The van der Waals surface area contributed by atoms with Crippen molar-refractivity contribution in [3.05, 3.63) is 28.5 Å². The predicted octanol–water partition coefficient (Wildman–Crippen LogP) is 2.20. The van der Waals surface area contributed by atoms with Crippen molar-refractivity contribution in [1.82, 2.24) is 10.6 Å². The monoisotopic (exact) mass is 332 g/mol. The molecule has 1 aromatic rings. The number of hydrogen-bond donors (Lipinski definition) is 2. The second-order valence-electron chi connectivity index (χ2n) is 3.68. The normalized spacial score (nSPS) is 11.6. The van der Waals surface area contributed by atoms with Crippen molar-refractivity contribution in [1.29, 1.82) is 0 Å². The summed E-state index contributed by atoms with van der Waals surface area (Å²) >= 11 is 3.01. The molecule has 0 spiro atoms. The Labute approximate surface area is 118 Å². The third-order valence-electron chi connectivity index (χ3n) is 2.15. The first kappa shape index (κ1) is 15.4. The molecule has 1 rings (SSSR count). The van der Waals surface area contributed by atoms with Gasteiger partial charge in [-0.1, -0.05) is 0 Å². The number of ether oxygens (including phenoxy) is 1. The number of hydrogen-bond acceptors (Lipinski definition) is 3. The van der Waals surface area contributed by atoms with Crippen molar-refractivity contribution in [2.24, 2.45) is 0 Å².